The van der Waals surface area contributed by atoms with Gasteiger partial charge in [-0.25, -0.2) is 0 Å². The Morgan fingerprint density at radius 1 is 1.05 bits per heavy atom. The lowest BCUT2D eigenvalue weighted by Gasteiger charge is -2.10. The zero-order valence-electron chi connectivity index (χ0n) is 11.2. The third-order valence-electron chi connectivity index (χ3n) is 3.04. The van der Waals surface area contributed by atoms with Gasteiger partial charge in [-0.15, -0.1) is 0 Å². The summed E-state index contributed by atoms with van der Waals surface area (Å²) in [7, 11) is 0. The third kappa shape index (κ3) is 3.41. The minimum absolute atomic E-state index is 0.657. The molecule has 0 fully saturated rings. The summed E-state index contributed by atoms with van der Waals surface area (Å²) < 4.78 is 12.2. The van der Waals surface area contributed by atoms with Crippen molar-refractivity contribution in [1.82, 2.24) is 0 Å². The Kier molecular flexibility index (Phi) is 4.51. The Bertz CT molecular complexity index is 673. The zero-order chi connectivity index (χ0) is 14.7. The van der Waals surface area contributed by atoms with E-state index in [4.69, 9.17) is 9.47 Å². The van der Waals surface area contributed by atoms with Crippen LogP contribution in [0.2, 0.25) is 0 Å². The lowest BCUT2D eigenvalue weighted by Crippen LogP contribution is -1.97. The van der Waals surface area contributed by atoms with E-state index >= 15 is 0 Å². The van der Waals surface area contributed by atoms with E-state index in [1.807, 2.05) is 36.4 Å². The highest BCUT2D eigenvalue weighted by atomic mass is 79.9. The fraction of sp³-hybridized carbons (Fsp3) is 0.188. The van der Waals surface area contributed by atoms with Crippen LogP contribution in [-0.4, -0.2) is 19.5 Å². The number of hydrogen-bond donors (Lipinski definition) is 0. The molecule has 0 radical (unpaired) electrons. The summed E-state index contributed by atoms with van der Waals surface area (Å²) in [5.41, 5.74) is 0.657. The van der Waals surface area contributed by atoms with Gasteiger partial charge in [0.15, 0.2) is 11.5 Å². The molecule has 3 rings (SSSR count). The zero-order valence-corrected chi connectivity index (χ0v) is 13.6. The first-order valence-electron chi connectivity index (χ1n) is 6.58. The van der Waals surface area contributed by atoms with Crippen molar-refractivity contribution in [2.45, 2.75) is 16.2 Å². The topological polar surface area (TPSA) is 35.5 Å². The molecule has 0 aliphatic carbocycles. The molecule has 108 valence electrons. The number of aldehydes is 1. The van der Waals surface area contributed by atoms with Crippen molar-refractivity contribution in [3.8, 4) is 11.5 Å². The van der Waals surface area contributed by atoms with Gasteiger partial charge in [-0.1, -0.05) is 17.8 Å². The first kappa shape index (κ1) is 14.5. The van der Waals surface area contributed by atoms with Crippen molar-refractivity contribution in [3.63, 3.8) is 0 Å². The first-order valence-corrected chi connectivity index (χ1v) is 8.19. The van der Waals surface area contributed by atoms with Crippen LogP contribution in [0.15, 0.2) is 50.7 Å². The van der Waals surface area contributed by atoms with E-state index in [1.165, 1.54) is 0 Å². The number of rotatable bonds is 3. The molecular weight excluding hydrogens is 352 g/mol. The minimum atomic E-state index is 0.657. The lowest BCUT2D eigenvalue weighted by atomic mass is 10.2. The Hall–Kier alpha value is -1.46. The maximum atomic E-state index is 10.8. The smallest absolute Gasteiger partial charge is 0.162 e. The van der Waals surface area contributed by atoms with Crippen LogP contribution < -0.4 is 9.47 Å². The van der Waals surface area contributed by atoms with Crippen molar-refractivity contribution in [2.24, 2.45) is 0 Å². The number of carbonyl (C=O) groups excluding carboxylic acids is 1. The number of hydrogen-bond acceptors (Lipinski definition) is 4. The van der Waals surface area contributed by atoms with Crippen LogP contribution in [0.3, 0.4) is 0 Å². The summed E-state index contributed by atoms with van der Waals surface area (Å²) in [5.74, 6) is 1.59. The molecule has 1 heterocycles. The molecule has 1 aliphatic rings. The number of ether oxygens (including phenoxy) is 2. The van der Waals surface area contributed by atoms with Crippen molar-refractivity contribution >= 4 is 34.0 Å². The number of carbonyl (C=O) groups is 1. The van der Waals surface area contributed by atoms with Crippen molar-refractivity contribution in [3.05, 3.63) is 46.4 Å². The minimum Gasteiger partial charge on any atom is -0.490 e. The van der Waals surface area contributed by atoms with Gasteiger partial charge in [0, 0.05) is 26.2 Å². The quantitative estimate of drug-likeness (QED) is 0.747. The van der Waals surface area contributed by atoms with Gasteiger partial charge < -0.3 is 9.47 Å². The molecular formula is C16H13BrO3S. The number of fused-ring (bicyclic) bond motifs is 1. The van der Waals surface area contributed by atoms with Gasteiger partial charge in [0.05, 0.1) is 13.2 Å². The highest BCUT2D eigenvalue weighted by Crippen LogP contribution is 2.38. The summed E-state index contributed by atoms with van der Waals surface area (Å²) in [5, 5.41) is 0. The van der Waals surface area contributed by atoms with Crippen LogP contribution in [0.1, 0.15) is 16.8 Å². The predicted molar refractivity (Wildman–Crippen MR) is 85.7 cm³/mol. The van der Waals surface area contributed by atoms with E-state index in [1.54, 1.807) is 11.8 Å². The van der Waals surface area contributed by atoms with E-state index in [0.29, 0.717) is 18.8 Å². The normalized spacial score (nSPS) is 13.6. The number of halogens is 1. The van der Waals surface area contributed by atoms with Gasteiger partial charge in [-0.2, -0.15) is 0 Å². The first-order chi connectivity index (χ1) is 10.3. The van der Waals surface area contributed by atoms with Crippen LogP contribution in [0.5, 0.6) is 11.5 Å². The Balaban J connectivity index is 1.85. The van der Waals surface area contributed by atoms with Crippen molar-refractivity contribution in [1.29, 1.82) is 0 Å². The molecule has 0 N–H and O–H groups in total. The standard InChI is InChI=1S/C16H13BrO3S/c17-13-8-11(10-18)2-5-16(13)21-12-3-4-14-15(9-12)20-7-1-6-19-14/h2-5,8-10H,1,6-7H2. The highest BCUT2D eigenvalue weighted by Gasteiger charge is 2.12. The van der Waals surface area contributed by atoms with Crippen LogP contribution in [0, 0.1) is 0 Å². The molecule has 0 saturated carbocycles. The third-order valence-corrected chi connectivity index (χ3v) is 5.02. The molecule has 2 aromatic rings. The lowest BCUT2D eigenvalue weighted by molar-refractivity contribution is 0.112. The summed E-state index contributed by atoms with van der Waals surface area (Å²) >= 11 is 5.11. The fourth-order valence-electron chi connectivity index (χ4n) is 2.01. The van der Waals surface area contributed by atoms with Gasteiger partial charge in [0.2, 0.25) is 0 Å². The SMILES string of the molecule is O=Cc1ccc(Sc2ccc3c(c2)OCCCO3)c(Br)c1. The second kappa shape index (κ2) is 6.54. The Morgan fingerprint density at radius 3 is 2.62 bits per heavy atom. The number of benzene rings is 2. The molecule has 0 aromatic heterocycles. The fourth-order valence-corrected chi connectivity index (χ4v) is 3.50. The van der Waals surface area contributed by atoms with Gasteiger partial charge >= 0.3 is 0 Å². The molecule has 0 spiro atoms. The Labute approximate surface area is 135 Å². The molecule has 2 aromatic carbocycles. The van der Waals surface area contributed by atoms with Crippen LogP contribution in [-0.2, 0) is 0 Å². The molecule has 0 bridgehead atoms. The van der Waals surface area contributed by atoms with E-state index in [2.05, 4.69) is 15.9 Å². The summed E-state index contributed by atoms with van der Waals surface area (Å²) in [6, 6.07) is 11.5. The van der Waals surface area contributed by atoms with E-state index in [0.717, 1.165) is 38.5 Å². The highest BCUT2D eigenvalue weighted by molar-refractivity contribution is 9.10. The molecule has 21 heavy (non-hydrogen) atoms. The molecule has 0 unspecified atom stereocenters. The van der Waals surface area contributed by atoms with E-state index < -0.39 is 0 Å². The molecule has 0 saturated heterocycles. The van der Waals surface area contributed by atoms with Gasteiger partial charge in [-0.05, 0) is 46.3 Å². The summed E-state index contributed by atoms with van der Waals surface area (Å²) in [4.78, 5) is 12.9. The maximum absolute atomic E-state index is 10.8. The largest absolute Gasteiger partial charge is 0.490 e. The second-order valence-electron chi connectivity index (χ2n) is 4.57. The van der Waals surface area contributed by atoms with E-state index in [-0.39, 0.29) is 0 Å². The molecule has 0 amide bonds. The molecule has 0 atom stereocenters. The second-order valence-corrected chi connectivity index (χ2v) is 6.54. The molecule has 5 heteroatoms. The van der Waals surface area contributed by atoms with Crippen molar-refractivity contribution in [2.75, 3.05) is 13.2 Å². The van der Waals surface area contributed by atoms with Gasteiger partial charge in [0.25, 0.3) is 0 Å². The molecule has 1 aliphatic heterocycles. The molecule has 3 nitrogen and oxygen atoms in total. The van der Waals surface area contributed by atoms with Gasteiger partial charge in [-0.3, -0.25) is 4.79 Å². The Morgan fingerprint density at radius 2 is 1.86 bits per heavy atom. The van der Waals surface area contributed by atoms with Gasteiger partial charge in [0.1, 0.15) is 6.29 Å². The van der Waals surface area contributed by atoms with Crippen molar-refractivity contribution < 1.29 is 14.3 Å². The van der Waals surface area contributed by atoms with Crippen LogP contribution >= 0.6 is 27.7 Å². The summed E-state index contributed by atoms with van der Waals surface area (Å²) in [6.07, 6.45) is 1.74. The average Bonchev–Trinajstić information content (AvgIpc) is 2.74. The van der Waals surface area contributed by atoms with E-state index in [9.17, 15) is 4.79 Å². The summed E-state index contributed by atoms with van der Waals surface area (Å²) in [6.45, 7) is 1.37. The predicted octanol–water partition coefficient (Wildman–Crippen LogP) is 4.57. The maximum Gasteiger partial charge on any atom is 0.162 e. The van der Waals surface area contributed by atoms with Crippen LogP contribution in [0.4, 0.5) is 0 Å². The average molecular weight is 365 g/mol. The monoisotopic (exact) mass is 364 g/mol. The van der Waals surface area contributed by atoms with Crippen LogP contribution in [0.25, 0.3) is 0 Å².